The van der Waals surface area contributed by atoms with Crippen LogP contribution in [0.25, 0.3) is 5.65 Å². The fourth-order valence-corrected chi connectivity index (χ4v) is 3.50. The quantitative estimate of drug-likeness (QED) is 0.695. The van der Waals surface area contributed by atoms with Gasteiger partial charge in [0.1, 0.15) is 13.2 Å². The molecule has 134 valence electrons. The highest BCUT2D eigenvalue weighted by Crippen LogP contribution is 2.34. The van der Waals surface area contributed by atoms with E-state index in [-0.39, 0.29) is 11.9 Å². The molecule has 0 aliphatic carbocycles. The number of hydrogen-bond acceptors (Lipinski definition) is 6. The minimum absolute atomic E-state index is 0.0647. The molecule has 1 aromatic carbocycles. The van der Waals surface area contributed by atoms with Crippen molar-refractivity contribution >= 4 is 23.3 Å². The summed E-state index contributed by atoms with van der Waals surface area (Å²) in [5.41, 5.74) is 0.759. The first-order valence-corrected chi connectivity index (χ1v) is 9.31. The van der Waals surface area contributed by atoms with Crippen molar-refractivity contribution in [1.29, 1.82) is 0 Å². The van der Waals surface area contributed by atoms with Crippen LogP contribution in [-0.4, -0.2) is 39.5 Å². The highest BCUT2D eigenvalue weighted by Gasteiger charge is 2.16. The van der Waals surface area contributed by atoms with Gasteiger partial charge >= 0.3 is 0 Å². The Labute approximate surface area is 154 Å². The van der Waals surface area contributed by atoms with Gasteiger partial charge in [-0.1, -0.05) is 6.07 Å². The summed E-state index contributed by atoms with van der Waals surface area (Å²) in [7, 11) is 0. The van der Waals surface area contributed by atoms with Crippen LogP contribution in [0.15, 0.2) is 47.5 Å². The Bertz CT molecular complexity index is 943. The molecule has 3 aromatic rings. The molecule has 8 heteroatoms. The minimum atomic E-state index is -0.235. The lowest BCUT2D eigenvalue weighted by Gasteiger charge is -2.18. The van der Waals surface area contributed by atoms with Crippen LogP contribution in [0.4, 0.5) is 0 Å². The Morgan fingerprint density at radius 1 is 1.23 bits per heavy atom. The van der Waals surface area contributed by atoms with Gasteiger partial charge in [0.05, 0.1) is 11.8 Å². The summed E-state index contributed by atoms with van der Waals surface area (Å²) >= 11 is 1.45. The SMILES string of the molecule is C[C@H](NC(=O)CSc1ccc2c(c1)OCCO2)c1nnc2ccccn12. The molecule has 0 unspecified atom stereocenters. The summed E-state index contributed by atoms with van der Waals surface area (Å²) in [6.45, 7) is 3.01. The highest BCUT2D eigenvalue weighted by molar-refractivity contribution is 8.00. The number of fused-ring (bicyclic) bond motifs is 2. The van der Waals surface area contributed by atoms with Gasteiger partial charge in [-0.3, -0.25) is 9.20 Å². The summed E-state index contributed by atoms with van der Waals surface area (Å²) < 4.78 is 12.9. The summed E-state index contributed by atoms with van der Waals surface area (Å²) in [5, 5.41) is 11.3. The van der Waals surface area contributed by atoms with E-state index >= 15 is 0 Å². The molecule has 0 bridgehead atoms. The van der Waals surface area contributed by atoms with Crippen LogP contribution in [0.5, 0.6) is 11.5 Å². The molecule has 1 N–H and O–H groups in total. The fraction of sp³-hybridized carbons (Fsp3) is 0.278. The first-order chi connectivity index (χ1) is 12.7. The maximum atomic E-state index is 12.3. The summed E-state index contributed by atoms with van der Waals surface area (Å²) in [6.07, 6.45) is 1.89. The number of thioether (sulfide) groups is 1. The van der Waals surface area contributed by atoms with Crippen molar-refractivity contribution in [3.05, 3.63) is 48.4 Å². The number of pyridine rings is 1. The van der Waals surface area contributed by atoms with E-state index < -0.39 is 0 Å². The second kappa shape index (κ2) is 7.25. The molecule has 0 saturated carbocycles. The van der Waals surface area contributed by atoms with E-state index in [4.69, 9.17) is 9.47 Å². The molecule has 26 heavy (non-hydrogen) atoms. The number of carbonyl (C=O) groups excluding carboxylic acids is 1. The zero-order valence-electron chi connectivity index (χ0n) is 14.2. The van der Waals surface area contributed by atoms with Crippen LogP contribution in [0.2, 0.25) is 0 Å². The monoisotopic (exact) mass is 370 g/mol. The van der Waals surface area contributed by atoms with Crippen LogP contribution in [0, 0.1) is 0 Å². The van der Waals surface area contributed by atoms with Crippen molar-refractivity contribution in [3.63, 3.8) is 0 Å². The number of rotatable bonds is 5. The lowest BCUT2D eigenvalue weighted by atomic mass is 10.3. The van der Waals surface area contributed by atoms with Gasteiger partial charge in [-0.05, 0) is 37.3 Å². The number of ether oxygens (including phenoxy) is 2. The van der Waals surface area contributed by atoms with Crippen LogP contribution in [0.1, 0.15) is 18.8 Å². The average Bonchev–Trinajstić information content (AvgIpc) is 3.10. The molecular weight excluding hydrogens is 352 g/mol. The summed E-state index contributed by atoms with van der Waals surface area (Å²) in [4.78, 5) is 13.3. The Balaban J connectivity index is 1.36. The van der Waals surface area contributed by atoms with Gasteiger partial charge in [0.25, 0.3) is 0 Å². The number of nitrogens with zero attached hydrogens (tertiary/aromatic N) is 3. The van der Waals surface area contributed by atoms with Crippen LogP contribution >= 0.6 is 11.8 Å². The molecule has 0 fully saturated rings. The predicted molar refractivity (Wildman–Crippen MR) is 97.7 cm³/mol. The van der Waals surface area contributed by atoms with E-state index in [2.05, 4.69) is 15.5 Å². The molecule has 1 aliphatic heterocycles. The largest absolute Gasteiger partial charge is 0.486 e. The van der Waals surface area contributed by atoms with Crippen molar-refractivity contribution in [2.24, 2.45) is 0 Å². The van der Waals surface area contributed by atoms with E-state index in [1.54, 1.807) is 0 Å². The first kappa shape index (κ1) is 16.7. The number of aromatic nitrogens is 3. The first-order valence-electron chi connectivity index (χ1n) is 8.32. The van der Waals surface area contributed by atoms with Crippen molar-refractivity contribution in [3.8, 4) is 11.5 Å². The summed E-state index contributed by atoms with van der Waals surface area (Å²) in [6, 6.07) is 11.2. The van der Waals surface area contributed by atoms with Crippen molar-refractivity contribution in [2.45, 2.75) is 17.9 Å². The third-order valence-electron chi connectivity index (χ3n) is 3.99. The standard InChI is InChI=1S/C18H18N4O3S/c1-12(18-21-20-16-4-2-3-7-22(16)18)19-17(23)11-26-13-5-6-14-15(10-13)25-9-8-24-14/h2-7,10,12H,8-9,11H2,1H3,(H,19,23)/t12-/m0/s1. The lowest BCUT2D eigenvalue weighted by Crippen LogP contribution is -2.29. The zero-order valence-corrected chi connectivity index (χ0v) is 15.0. The van der Waals surface area contributed by atoms with Gasteiger partial charge < -0.3 is 14.8 Å². The van der Waals surface area contributed by atoms with Gasteiger partial charge in [-0.15, -0.1) is 22.0 Å². The number of carbonyl (C=O) groups is 1. The zero-order chi connectivity index (χ0) is 17.9. The minimum Gasteiger partial charge on any atom is -0.486 e. The molecule has 0 radical (unpaired) electrons. The average molecular weight is 370 g/mol. The fourth-order valence-electron chi connectivity index (χ4n) is 2.77. The smallest absolute Gasteiger partial charge is 0.230 e. The number of hydrogen-bond donors (Lipinski definition) is 1. The summed E-state index contributed by atoms with van der Waals surface area (Å²) in [5.74, 6) is 2.42. The Morgan fingerprint density at radius 3 is 2.96 bits per heavy atom. The molecule has 0 spiro atoms. The number of benzene rings is 1. The normalized spacial score (nSPS) is 14.2. The van der Waals surface area contributed by atoms with Crippen LogP contribution < -0.4 is 14.8 Å². The second-order valence-electron chi connectivity index (χ2n) is 5.87. The van der Waals surface area contributed by atoms with Gasteiger partial charge in [0, 0.05) is 11.1 Å². The highest BCUT2D eigenvalue weighted by atomic mass is 32.2. The molecule has 0 saturated heterocycles. The molecule has 1 atom stereocenters. The van der Waals surface area contributed by atoms with Gasteiger partial charge in [0.15, 0.2) is 23.0 Å². The molecule has 7 nitrogen and oxygen atoms in total. The Kier molecular flexibility index (Phi) is 4.66. The number of amides is 1. The van der Waals surface area contributed by atoms with Crippen molar-refractivity contribution < 1.29 is 14.3 Å². The van der Waals surface area contributed by atoms with Gasteiger partial charge in [-0.2, -0.15) is 0 Å². The maximum Gasteiger partial charge on any atom is 0.230 e. The number of nitrogens with one attached hydrogen (secondary N) is 1. The van der Waals surface area contributed by atoms with E-state index in [1.165, 1.54) is 11.8 Å². The third kappa shape index (κ3) is 3.45. The Hall–Kier alpha value is -2.74. The molecule has 4 rings (SSSR count). The van der Waals surface area contributed by atoms with Crippen LogP contribution in [0.3, 0.4) is 0 Å². The second-order valence-corrected chi connectivity index (χ2v) is 6.92. The topological polar surface area (TPSA) is 77.8 Å². The van der Waals surface area contributed by atoms with Crippen LogP contribution in [-0.2, 0) is 4.79 Å². The van der Waals surface area contributed by atoms with E-state index in [9.17, 15) is 4.79 Å². The van der Waals surface area contributed by atoms with Gasteiger partial charge in [0.2, 0.25) is 5.91 Å². The third-order valence-corrected chi connectivity index (χ3v) is 4.98. The lowest BCUT2D eigenvalue weighted by molar-refractivity contribution is -0.119. The molecule has 2 aromatic heterocycles. The Morgan fingerprint density at radius 2 is 2.08 bits per heavy atom. The molecule has 1 amide bonds. The molecular formula is C18H18N4O3S. The van der Waals surface area contributed by atoms with Crippen molar-refractivity contribution in [2.75, 3.05) is 19.0 Å². The predicted octanol–water partition coefficient (Wildman–Crippen LogP) is 2.47. The maximum absolute atomic E-state index is 12.3. The van der Waals surface area contributed by atoms with Gasteiger partial charge in [-0.25, -0.2) is 0 Å². The van der Waals surface area contributed by atoms with E-state index in [0.717, 1.165) is 22.0 Å². The van der Waals surface area contributed by atoms with Crippen molar-refractivity contribution in [1.82, 2.24) is 19.9 Å². The van der Waals surface area contributed by atoms with E-state index in [1.807, 2.05) is 53.9 Å². The van der Waals surface area contributed by atoms with E-state index in [0.29, 0.717) is 24.8 Å². The molecule has 3 heterocycles. The molecule has 1 aliphatic rings.